The Kier molecular flexibility index (Phi) is 8.66. The molecule has 6 heteroatoms. The van der Waals surface area contributed by atoms with E-state index in [9.17, 15) is 4.79 Å². The van der Waals surface area contributed by atoms with E-state index in [1.165, 1.54) is 0 Å². The van der Waals surface area contributed by atoms with E-state index >= 15 is 0 Å². The van der Waals surface area contributed by atoms with E-state index in [4.69, 9.17) is 15.2 Å². The van der Waals surface area contributed by atoms with Gasteiger partial charge in [0, 0.05) is 0 Å². The standard InChI is InChI=1S/C12H24N2O3S/c1-5-7-10(9(6-2)16-8(3)4)17-12(15)14-11(13)18/h8-10H,5-7H2,1-4H3,(H3,13,14,15,18). The van der Waals surface area contributed by atoms with Gasteiger partial charge in [0.1, 0.15) is 6.10 Å². The summed E-state index contributed by atoms with van der Waals surface area (Å²) in [6, 6.07) is 0. The Morgan fingerprint density at radius 1 is 1.33 bits per heavy atom. The summed E-state index contributed by atoms with van der Waals surface area (Å²) in [6.45, 7) is 7.95. The van der Waals surface area contributed by atoms with Crippen LogP contribution < -0.4 is 11.1 Å². The summed E-state index contributed by atoms with van der Waals surface area (Å²) >= 11 is 4.59. The van der Waals surface area contributed by atoms with Crippen LogP contribution >= 0.6 is 12.2 Å². The maximum atomic E-state index is 11.5. The number of ether oxygens (including phenoxy) is 2. The number of hydrogen-bond acceptors (Lipinski definition) is 4. The Hall–Kier alpha value is -0.880. The molecule has 0 saturated heterocycles. The third-order valence-corrected chi connectivity index (χ3v) is 2.42. The number of carbonyl (C=O) groups excluding carboxylic acids is 1. The Labute approximate surface area is 114 Å². The molecular weight excluding hydrogens is 252 g/mol. The molecule has 0 rings (SSSR count). The molecule has 0 aliphatic rings. The van der Waals surface area contributed by atoms with Gasteiger partial charge in [-0.15, -0.1) is 0 Å². The maximum Gasteiger partial charge on any atom is 0.413 e. The molecule has 0 aromatic rings. The van der Waals surface area contributed by atoms with Gasteiger partial charge < -0.3 is 15.2 Å². The third kappa shape index (κ3) is 7.45. The number of rotatable bonds is 7. The second-order valence-electron chi connectivity index (χ2n) is 4.35. The van der Waals surface area contributed by atoms with Crippen molar-refractivity contribution in [3.05, 3.63) is 0 Å². The number of nitrogens with two attached hydrogens (primary N) is 1. The first-order valence-electron chi connectivity index (χ1n) is 6.33. The first kappa shape index (κ1) is 17.1. The van der Waals surface area contributed by atoms with Gasteiger partial charge in [0.15, 0.2) is 5.11 Å². The van der Waals surface area contributed by atoms with Crippen molar-refractivity contribution in [3.8, 4) is 0 Å². The maximum absolute atomic E-state index is 11.5. The van der Waals surface area contributed by atoms with Crippen molar-refractivity contribution in [2.24, 2.45) is 5.73 Å². The SMILES string of the molecule is CCCC(OC(=O)NC(N)=S)C(CC)OC(C)C. The second kappa shape index (κ2) is 9.10. The van der Waals surface area contributed by atoms with E-state index in [1.54, 1.807) is 0 Å². The molecule has 5 nitrogen and oxygen atoms in total. The van der Waals surface area contributed by atoms with Crippen molar-refractivity contribution in [1.29, 1.82) is 0 Å². The zero-order valence-corrected chi connectivity index (χ0v) is 12.4. The Balaban J connectivity index is 4.50. The highest BCUT2D eigenvalue weighted by Gasteiger charge is 2.25. The van der Waals surface area contributed by atoms with Crippen LogP contribution in [0.25, 0.3) is 0 Å². The highest BCUT2D eigenvalue weighted by Crippen LogP contribution is 2.16. The third-order valence-electron chi connectivity index (χ3n) is 2.32. The summed E-state index contributed by atoms with van der Waals surface area (Å²) in [5, 5.41) is 2.17. The van der Waals surface area contributed by atoms with Gasteiger partial charge in [0.2, 0.25) is 0 Å². The molecule has 0 aliphatic heterocycles. The van der Waals surface area contributed by atoms with Crippen molar-refractivity contribution in [3.63, 3.8) is 0 Å². The molecule has 2 atom stereocenters. The Morgan fingerprint density at radius 3 is 2.33 bits per heavy atom. The van der Waals surface area contributed by atoms with Crippen molar-refractivity contribution in [1.82, 2.24) is 5.32 Å². The van der Waals surface area contributed by atoms with E-state index in [0.717, 1.165) is 19.3 Å². The topological polar surface area (TPSA) is 73.6 Å². The fraction of sp³-hybridized carbons (Fsp3) is 0.833. The van der Waals surface area contributed by atoms with Crippen LogP contribution in [0.1, 0.15) is 47.0 Å². The summed E-state index contributed by atoms with van der Waals surface area (Å²) in [5.41, 5.74) is 5.22. The molecule has 0 bridgehead atoms. The quantitative estimate of drug-likeness (QED) is 0.698. The van der Waals surface area contributed by atoms with Crippen LogP contribution in [0.2, 0.25) is 0 Å². The van der Waals surface area contributed by atoms with Gasteiger partial charge in [-0.3, -0.25) is 5.32 Å². The summed E-state index contributed by atoms with van der Waals surface area (Å²) in [4.78, 5) is 11.5. The van der Waals surface area contributed by atoms with Gasteiger partial charge in [0.05, 0.1) is 12.2 Å². The lowest BCUT2D eigenvalue weighted by Gasteiger charge is -2.27. The molecule has 3 N–H and O–H groups in total. The fourth-order valence-corrected chi connectivity index (χ4v) is 1.75. The predicted octanol–water partition coefficient (Wildman–Crippen LogP) is 2.33. The largest absolute Gasteiger partial charge is 0.443 e. The molecule has 18 heavy (non-hydrogen) atoms. The van der Waals surface area contributed by atoms with Crippen LogP contribution in [0.3, 0.4) is 0 Å². The van der Waals surface area contributed by atoms with E-state index in [0.29, 0.717) is 0 Å². The van der Waals surface area contributed by atoms with Crippen LogP contribution in [0.15, 0.2) is 0 Å². The zero-order valence-electron chi connectivity index (χ0n) is 11.6. The highest BCUT2D eigenvalue weighted by atomic mass is 32.1. The van der Waals surface area contributed by atoms with Gasteiger partial charge in [-0.05, 0) is 38.9 Å². The van der Waals surface area contributed by atoms with E-state index < -0.39 is 6.09 Å². The van der Waals surface area contributed by atoms with Gasteiger partial charge >= 0.3 is 6.09 Å². The summed E-state index contributed by atoms with van der Waals surface area (Å²) in [7, 11) is 0. The van der Waals surface area contributed by atoms with Crippen LogP contribution in [0, 0.1) is 0 Å². The molecule has 0 saturated carbocycles. The van der Waals surface area contributed by atoms with Gasteiger partial charge in [-0.25, -0.2) is 4.79 Å². The number of hydrogen-bond donors (Lipinski definition) is 2. The molecule has 0 spiro atoms. The monoisotopic (exact) mass is 276 g/mol. The lowest BCUT2D eigenvalue weighted by molar-refractivity contribution is -0.0721. The van der Waals surface area contributed by atoms with Crippen LogP contribution in [-0.4, -0.2) is 29.5 Å². The van der Waals surface area contributed by atoms with Crippen molar-refractivity contribution >= 4 is 23.4 Å². The van der Waals surface area contributed by atoms with Gasteiger partial charge in [-0.2, -0.15) is 0 Å². The molecule has 0 aromatic heterocycles. The first-order valence-corrected chi connectivity index (χ1v) is 6.74. The van der Waals surface area contributed by atoms with E-state index in [-0.39, 0.29) is 23.4 Å². The lowest BCUT2D eigenvalue weighted by Crippen LogP contribution is -2.41. The Morgan fingerprint density at radius 2 is 1.94 bits per heavy atom. The first-order chi connectivity index (χ1) is 8.40. The lowest BCUT2D eigenvalue weighted by atomic mass is 10.1. The van der Waals surface area contributed by atoms with Gasteiger partial charge in [-0.1, -0.05) is 20.3 Å². The average molecular weight is 276 g/mol. The van der Waals surface area contributed by atoms with E-state index in [1.807, 2.05) is 27.7 Å². The molecule has 2 unspecified atom stereocenters. The minimum absolute atomic E-state index is 0.0897. The average Bonchev–Trinajstić information content (AvgIpc) is 2.23. The molecule has 0 heterocycles. The number of thiocarbonyl (C=S) groups is 1. The normalized spacial score (nSPS) is 14.1. The van der Waals surface area contributed by atoms with E-state index in [2.05, 4.69) is 17.5 Å². The number of carbonyl (C=O) groups is 1. The molecule has 0 aromatic carbocycles. The minimum atomic E-state index is -0.619. The molecular formula is C12H24N2O3S. The van der Waals surface area contributed by atoms with Crippen LogP contribution in [-0.2, 0) is 9.47 Å². The zero-order chi connectivity index (χ0) is 14.1. The summed E-state index contributed by atoms with van der Waals surface area (Å²) < 4.78 is 11.1. The molecule has 1 amide bonds. The summed E-state index contributed by atoms with van der Waals surface area (Å²) in [6.07, 6.45) is 1.52. The van der Waals surface area contributed by atoms with Crippen LogP contribution in [0.5, 0.6) is 0 Å². The number of alkyl carbamates (subject to hydrolysis) is 1. The van der Waals surface area contributed by atoms with Crippen LogP contribution in [0.4, 0.5) is 4.79 Å². The fourth-order valence-electron chi connectivity index (χ4n) is 1.67. The smallest absolute Gasteiger partial charge is 0.413 e. The molecule has 106 valence electrons. The van der Waals surface area contributed by atoms with Crippen molar-refractivity contribution < 1.29 is 14.3 Å². The molecule has 0 radical (unpaired) electrons. The number of amides is 1. The van der Waals surface area contributed by atoms with Crippen molar-refractivity contribution in [2.75, 3.05) is 0 Å². The molecule has 0 aliphatic carbocycles. The predicted molar refractivity (Wildman–Crippen MR) is 75.4 cm³/mol. The molecule has 0 fully saturated rings. The second-order valence-corrected chi connectivity index (χ2v) is 4.79. The highest BCUT2D eigenvalue weighted by molar-refractivity contribution is 7.80. The Bertz CT molecular complexity index is 272. The van der Waals surface area contributed by atoms with Crippen molar-refractivity contribution in [2.45, 2.75) is 65.3 Å². The number of nitrogens with one attached hydrogen (secondary N) is 1. The van der Waals surface area contributed by atoms with Gasteiger partial charge in [0.25, 0.3) is 0 Å². The summed E-state index contributed by atoms with van der Waals surface area (Å²) in [5.74, 6) is 0. The minimum Gasteiger partial charge on any atom is -0.443 e.